The van der Waals surface area contributed by atoms with Gasteiger partial charge >= 0.3 is 0 Å². The van der Waals surface area contributed by atoms with Gasteiger partial charge in [0.15, 0.2) is 17.5 Å². The molecule has 0 saturated carbocycles. The normalized spacial score (nSPS) is 10.0. The number of carbonyl (C=O) groups excluding carboxylic acids is 3. The summed E-state index contributed by atoms with van der Waals surface area (Å²) >= 11 is 1.08. The number of para-hydroxylation sites is 1. The van der Waals surface area contributed by atoms with E-state index in [1.807, 2.05) is 0 Å². The number of nitrogens with two attached hydrogens (primary N) is 1. The minimum Gasteiger partial charge on any atom is -0.483 e. The van der Waals surface area contributed by atoms with E-state index in [1.165, 1.54) is 13.1 Å². The van der Waals surface area contributed by atoms with Gasteiger partial charge in [0.1, 0.15) is 5.75 Å². The lowest BCUT2D eigenvalue weighted by molar-refractivity contribution is -0.119. The molecule has 0 fully saturated rings. The van der Waals surface area contributed by atoms with Crippen LogP contribution in [0.4, 0.5) is 5.13 Å². The van der Waals surface area contributed by atoms with Gasteiger partial charge in [-0.15, -0.1) is 0 Å². The van der Waals surface area contributed by atoms with Gasteiger partial charge < -0.3 is 10.5 Å². The SMILES string of the molecule is CC(=O)c1cnc(NC(=O)c2ccccc2OCC(N)=O)s1. The molecule has 2 rings (SSSR count). The summed E-state index contributed by atoms with van der Waals surface area (Å²) in [6, 6.07) is 6.44. The monoisotopic (exact) mass is 319 g/mol. The van der Waals surface area contributed by atoms with Crippen LogP contribution in [0.25, 0.3) is 0 Å². The standard InChI is InChI=1S/C14H13N3O4S/c1-8(18)11-6-16-14(22-11)17-13(20)9-4-2-3-5-10(9)21-7-12(15)19/h2-6H,7H2,1H3,(H2,15,19)(H,16,17,20). The predicted octanol–water partition coefficient (Wildman–Crippen LogP) is 1.46. The van der Waals surface area contributed by atoms with Crippen LogP contribution in [0.2, 0.25) is 0 Å². The van der Waals surface area contributed by atoms with Crippen molar-refractivity contribution in [2.75, 3.05) is 11.9 Å². The van der Waals surface area contributed by atoms with E-state index >= 15 is 0 Å². The second kappa shape index (κ2) is 6.81. The van der Waals surface area contributed by atoms with Crippen molar-refractivity contribution in [2.45, 2.75) is 6.92 Å². The first kappa shape index (κ1) is 15.6. The molecule has 0 unspecified atom stereocenters. The molecule has 1 aromatic heterocycles. The van der Waals surface area contributed by atoms with Crippen molar-refractivity contribution in [1.29, 1.82) is 0 Å². The molecule has 0 atom stereocenters. The van der Waals surface area contributed by atoms with Crippen LogP contribution in [0.15, 0.2) is 30.5 Å². The van der Waals surface area contributed by atoms with Gasteiger partial charge in [-0.05, 0) is 12.1 Å². The predicted molar refractivity (Wildman–Crippen MR) is 81.2 cm³/mol. The fourth-order valence-electron chi connectivity index (χ4n) is 1.59. The number of thiazole rings is 1. The molecule has 0 radical (unpaired) electrons. The molecule has 2 aromatic rings. The van der Waals surface area contributed by atoms with E-state index in [4.69, 9.17) is 10.5 Å². The lowest BCUT2D eigenvalue weighted by atomic mass is 10.2. The first-order valence-electron chi connectivity index (χ1n) is 6.25. The maximum atomic E-state index is 12.2. The highest BCUT2D eigenvalue weighted by Gasteiger charge is 2.15. The number of anilines is 1. The number of nitrogens with zero attached hydrogens (tertiary/aromatic N) is 1. The van der Waals surface area contributed by atoms with E-state index < -0.39 is 11.8 Å². The molecule has 0 aliphatic carbocycles. The Morgan fingerprint density at radius 1 is 1.32 bits per heavy atom. The topological polar surface area (TPSA) is 111 Å². The number of hydrogen-bond donors (Lipinski definition) is 2. The number of benzene rings is 1. The number of primary amides is 1. The number of Topliss-reactive ketones (excluding diaryl/α,β-unsaturated/α-hetero) is 1. The number of hydrogen-bond acceptors (Lipinski definition) is 6. The van der Waals surface area contributed by atoms with Crippen molar-refractivity contribution in [3.05, 3.63) is 40.9 Å². The number of nitrogens with one attached hydrogen (secondary N) is 1. The van der Waals surface area contributed by atoms with Crippen molar-refractivity contribution in [3.63, 3.8) is 0 Å². The quantitative estimate of drug-likeness (QED) is 0.783. The Kier molecular flexibility index (Phi) is 4.84. The number of rotatable bonds is 6. The summed E-state index contributed by atoms with van der Waals surface area (Å²) in [4.78, 5) is 38.6. The van der Waals surface area contributed by atoms with Gasteiger partial charge in [-0.3, -0.25) is 19.7 Å². The van der Waals surface area contributed by atoms with Crippen LogP contribution < -0.4 is 15.8 Å². The summed E-state index contributed by atoms with van der Waals surface area (Å²) in [5.41, 5.74) is 5.26. The van der Waals surface area contributed by atoms with E-state index in [1.54, 1.807) is 24.3 Å². The van der Waals surface area contributed by atoms with E-state index in [-0.39, 0.29) is 23.7 Å². The number of amides is 2. The van der Waals surface area contributed by atoms with Crippen LogP contribution in [0.3, 0.4) is 0 Å². The van der Waals surface area contributed by atoms with Crippen LogP contribution in [-0.4, -0.2) is 29.2 Å². The van der Waals surface area contributed by atoms with E-state index in [0.717, 1.165) is 11.3 Å². The van der Waals surface area contributed by atoms with Crippen molar-refractivity contribution < 1.29 is 19.1 Å². The second-order valence-corrected chi connectivity index (χ2v) is 5.32. The van der Waals surface area contributed by atoms with Crippen LogP contribution in [0.5, 0.6) is 5.75 Å². The van der Waals surface area contributed by atoms with Gasteiger partial charge in [0, 0.05) is 6.92 Å². The molecule has 0 bridgehead atoms. The summed E-state index contributed by atoms with van der Waals surface area (Å²) in [5.74, 6) is -0.976. The highest BCUT2D eigenvalue weighted by atomic mass is 32.1. The van der Waals surface area contributed by atoms with Crippen LogP contribution >= 0.6 is 11.3 Å². The first-order valence-corrected chi connectivity index (χ1v) is 7.07. The van der Waals surface area contributed by atoms with Gasteiger partial charge in [0.05, 0.1) is 16.6 Å². The first-order chi connectivity index (χ1) is 10.5. The molecule has 7 nitrogen and oxygen atoms in total. The number of aromatic nitrogens is 1. The van der Waals surface area contributed by atoms with Gasteiger partial charge in [-0.1, -0.05) is 23.5 Å². The zero-order chi connectivity index (χ0) is 16.1. The summed E-state index contributed by atoms with van der Waals surface area (Å²) in [7, 11) is 0. The molecule has 1 aromatic carbocycles. The average molecular weight is 319 g/mol. The lowest BCUT2D eigenvalue weighted by Gasteiger charge is -2.09. The molecule has 22 heavy (non-hydrogen) atoms. The molecule has 2 amide bonds. The van der Waals surface area contributed by atoms with E-state index in [2.05, 4.69) is 10.3 Å². The minimum atomic E-state index is -0.638. The highest BCUT2D eigenvalue weighted by Crippen LogP contribution is 2.22. The van der Waals surface area contributed by atoms with Gasteiger partial charge in [0.2, 0.25) is 0 Å². The molecule has 8 heteroatoms. The molecular formula is C14H13N3O4S. The minimum absolute atomic E-state index is 0.122. The summed E-state index contributed by atoms with van der Waals surface area (Å²) in [5, 5.41) is 2.89. The summed E-state index contributed by atoms with van der Waals surface area (Å²) < 4.78 is 5.19. The van der Waals surface area contributed by atoms with Crippen molar-refractivity contribution in [2.24, 2.45) is 5.73 Å². The Balaban J connectivity index is 2.14. The van der Waals surface area contributed by atoms with Crippen molar-refractivity contribution in [1.82, 2.24) is 4.98 Å². The number of carbonyl (C=O) groups is 3. The maximum absolute atomic E-state index is 12.2. The van der Waals surface area contributed by atoms with Crippen LogP contribution in [0.1, 0.15) is 27.0 Å². The Hall–Kier alpha value is -2.74. The fraction of sp³-hybridized carbons (Fsp3) is 0.143. The Labute approximate surface area is 130 Å². The van der Waals surface area contributed by atoms with Crippen LogP contribution in [-0.2, 0) is 4.79 Å². The van der Waals surface area contributed by atoms with Gasteiger partial charge in [0.25, 0.3) is 11.8 Å². The maximum Gasteiger partial charge on any atom is 0.261 e. The number of ketones is 1. The largest absolute Gasteiger partial charge is 0.483 e. The molecule has 0 aliphatic rings. The Morgan fingerprint density at radius 3 is 2.68 bits per heavy atom. The number of ether oxygens (including phenoxy) is 1. The summed E-state index contributed by atoms with van der Waals surface area (Å²) in [6.45, 7) is 1.10. The van der Waals surface area contributed by atoms with Gasteiger partial charge in [-0.25, -0.2) is 4.98 Å². The zero-order valence-corrected chi connectivity index (χ0v) is 12.5. The molecule has 3 N–H and O–H groups in total. The Morgan fingerprint density at radius 2 is 2.05 bits per heavy atom. The van der Waals surface area contributed by atoms with E-state index in [0.29, 0.717) is 10.0 Å². The zero-order valence-electron chi connectivity index (χ0n) is 11.7. The third kappa shape index (κ3) is 3.89. The molecule has 0 saturated heterocycles. The highest BCUT2D eigenvalue weighted by molar-refractivity contribution is 7.17. The van der Waals surface area contributed by atoms with E-state index in [9.17, 15) is 14.4 Å². The van der Waals surface area contributed by atoms with Gasteiger partial charge in [-0.2, -0.15) is 0 Å². The summed E-state index contributed by atoms with van der Waals surface area (Å²) in [6.07, 6.45) is 1.40. The third-order valence-corrected chi connectivity index (χ3v) is 3.59. The lowest BCUT2D eigenvalue weighted by Crippen LogP contribution is -2.21. The molecule has 114 valence electrons. The average Bonchev–Trinajstić information content (AvgIpc) is 2.94. The van der Waals surface area contributed by atoms with Crippen LogP contribution in [0, 0.1) is 0 Å². The molecule has 1 heterocycles. The molecular weight excluding hydrogens is 306 g/mol. The Bertz CT molecular complexity index is 726. The fourth-order valence-corrected chi connectivity index (χ4v) is 2.29. The smallest absolute Gasteiger partial charge is 0.261 e. The molecule has 0 aliphatic heterocycles. The van der Waals surface area contributed by atoms with Crippen molar-refractivity contribution >= 4 is 34.1 Å². The van der Waals surface area contributed by atoms with Crippen molar-refractivity contribution in [3.8, 4) is 5.75 Å². The third-order valence-electron chi connectivity index (χ3n) is 2.57. The molecule has 0 spiro atoms. The second-order valence-electron chi connectivity index (χ2n) is 4.29.